The van der Waals surface area contributed by atoms with Gasteiger partial charge in [-0.15, -0.1) is 0 Å². The van der Waals surface area contributed by atoms with E-state index in [1.807, 2.05) is 125 Å². The van der Waals surface area contributed by atoms with E-state index >= 15 is 0 Å². The summed E-state index contributed by atoms with van der Waals surface area (Å²) in [5.41, 5.74) is 25.6. The predicted molar refractivity (Wildman–Crippen MR) is 540 cm³/mol. The molecule has 3 aromatic heterocycles. The number of fused-ring (bicyclic) bond motifs is 41. The number of hydrogen-bond donors (Lipinski definition) is 0. The number of aryl methyl sites for hydroxylation is 3. The van der Waals surface area contributed by atoms with Gasteiger partial charge in [0, 0.05) is 91.1 Å². The van der Waals surface area contributed by atoms with Gasteiger partial charge in [0.25, 0.3) is 0 Å². The molecule has 0 aliphatic heterocycles. The van der Waals surface area contributed by atoms with Crippen LogP contribution in [0.25, 0.3) is 196 Å². The Morgan fingerprint density at radius 2 is 0.542 bits per heavy atom. The van der Waals surface area contributed by atoms with Crippen molar-refractivity contribution in [2.45, 2.75) is 184 Å². The topological polar surface area (TPSA) is 14.8 Å². The first-order valence-corrected chi connectivity index (χ1v) is 45.7. The van der Waals surface area contributed by atoms with Gasteiger partial charge in [-0.05, 0) is 205 Å². The lowest BCUT2D eigenvalue weighted by Crippen LogP contribution is -1.95. The lowest BCUT2D eigenvalue weighted by atomic mass is 9.89. The standard InChI is InChI=1S/C37H25N.C33H23N.C29H21N.9C2H6/c1-2-38-33-20-23-12-4-3-11-22(23)19-31(33)36-32-21-30-26-15-6-5-13-24(26)25-14-7-8-16-27(25)34(30)35(32)28-17-9-10-18-29(28)37(36)38;1-2-34-28-18-17-21-10-4-6-12-24(21)31(28)32-27-19-22-16-15-20-9-3-5-11-23(20)29(22)30(27)25-13-7-8-14-26(25)33(32)34;1-2-30-27-16-15-23-22-13-11-18-7-3-5-9-20(18)25(22)17-26(23)28(27)24-14-12-19-8-4-6-10-21(19)29(24)30;9*1-2/h3-20H,2,21H2,1H3;3-18H,2,19H2,1H3;3-16H,2,17H2,1H3;9*1-2H3. The van der Waals surface area contributed by atoms with Crippen molar-refractivity contribution in [2.24, 2.45) is 0 Å². The third-order valence-electron chi connectivity index (χ3n) is 23.9. The molecular weight excluding hydrogens is 1450 g/mol. The van der Waals surface area contributed by atoms with Crippen molar-refractivity contribution in [3.63, 3.8) is 0 Å². The molecule has 0 saturated heterocycles. The van der Waals surface area contributed by atoms with E-state index in [2.05, 4.69) is 326 Å². The minimum absolute atomic E-state index is 0.944. The van der Waals surface area contributed by atoms with E-state index in [-0.39, 0.29) is 0 Å². The third-order valence-corrected chi connectivity index (χ3v) is 23.9. The summed E-state index contributed by atoms with van der Waals surface area (Å²) in [6, 6.07) is 108. The predicted octanol–water partition coefficient (Wildman–Crippen LogP) is 35.8. The van der Waals surface area contributed by atoms with Crippen LogP contribution < -0.4 is 0 Å². The van der Waals surface area contributed by atoms with Crippen LogP contribution in [0.3, 0.4) is 0 Å². The van der Waals surface area contributed by atoms with E-state index in [4.69, 9.17) is 0 Å². The molecule has 0 saturated carbocycles. The molecule has 0 atom stereocenters. The Balaban J connectivity index is 0.000000143. The Morgan fingerprint density at radius 3 is 1.12 bits per heavy atom. The van der Waals surface area contributed by atoms with Crippen LogP contribution in [-0.4, -0.2) is 13.7 Å². The van der Waals surface area contributed by atoms with Gasteiger partial charge in [-0.3, -0.25) is 0 Å². The van der Waals surface area contributed by atoms with Gasteiger partial charge in [-0.2, -0.15) is 0 Å². The quantitative estimate of drug-likeness (QED) is 0.157. The molecule has 3 aliphatic carbocycles. The maximum atomic E-state index is 2.55. The first kappa shape index (κ1) is 85.6. The average molecular weight is 1570 g/mol. The van der Waals surface area contributed by atoms with E-state index in [0.29, 0.717) is 0 Å². The summed E-state index contributed by atoms with van der Waals surface area (Å²) in [6.07, 6.45) is 2.97. The first-order valence-electron chi connectivity index (χ1n) is 45.7. The van der Waals surface area contributed by atoms with Crippen LogP contribution in [0.15, 0.2) is 291 Å². The van der Waals surface area contributed by atoms with Crippen molar-refractivity contribution >= 4 is 162 Å². The molecule has 21 aromatic rings. The zero-order chi connectivity index (χ0) is 85.2. The molecule has 0 bridgehead atoms. The SMILES string of the molecule is CC.CC.CC.CC.CC.CC.CC.CC.CC.CCn1c2cc3ccccc3cc2c2c3c(c4ccccc4c21)-c1c(c2ccccc2c2ccccc12)C3.CCn1c2ccc3c(c2c2ccc4ccccc4c21)Cc1c-3ccc2ccccc12.CCn1c2ccc3ccccc3c2c2c3c(c4ccccc4c21)-c1c(ccc2ccccc12)C3. The molecule has 606 valence electrons. The van der Waals surface area contributed by atoms with Crippen LogP contribution in [0.2, 0.25) is 0 Å². The summed E-state index contributed by atoms with van der Waals surface area (Å²) < 4.78 is 7.61. The largest absolute Gasteiger partial charge is 0.340 e. The van der Waals surface area contributed by atoms with Crippen LogP contribution in [0.4, 0.5) is 0 Å². The van der Waals surface area contributed by atoms with Crippen LogP contribution in [0.1, 0.15) is 179 Å². The molecule has 3 heterocycles. The number of aromatic nitrogens is 3. The van der Waals surface area contributed by atoms with Gasteiger partial charge >= 0.3 is 0 Å². The van der Waals surface area contributed by atoms with Crippen LogP contribution in [0.5, 0.6) is 0 Å². The van der Waals surface area contributed by atoms with Crippen molar-refractivity contribution in [3.8, 4) is 33.4 Å². The maximum Gasteiger partial charge on any atom is 0.0574 e. The number of hydrogen-bond acceptors (Lipinski definition) is 0. The molecule has 0 N–H and O–H groups in total. The Kier molecular flexibility index (Phi) is 27.2. The molecule has 3 nitrogen and oxygen atoms in total. The number of benzene rings is 18. The van der Waals surface area contributed by atoms with E-state index in [1.54, 1.807) is 0 Å². The normalized spacial score (nSPS) is 11.4. The second-order valence-corrected chi connectivity index (χ2v) is 28.7. The Labute approximate surface area is 713 Å². The zero-order valence-corrected chi connectivity index (χ0v) is 75.3. The van der Waals surface area contributed by atoms with Gasteiger partial charge in [-0.25, -0.2) is 0 Å². The molecule has 120 heavy (non-hydrogen) atoms. The lowest BCUT2D eigenvalue weighted by molar-refractivity contribution is 0.829. The van der Waals surface area contributed by atoms with Crippen molar-refractivity contribution in [1.82, 2.24) is 13.7 Å². The van der Waals surface area contributed by atoms with E-state index in [1.165, 1.54) is 229 Å². The fraction of sp³-hybridized carbons (Fsp3) is 0.231. The Morgan fingerprint density at radius 1 is 0.192 bits per heavy atom. The van der Waals surface area contributed by atoms with Crippen LogP contribution >= 0.6 is 0 Å². The van der Waals surface area contributed by atoms with Gasteiger partial charge in [0.05, 0.1) is 16.6 Å². The monoisotopic (exact) mass is 1570 g/mol. The third kappa shape index (κ3) is 13.8. The first-order chi connectivity index (χ1) is 59.5. The molecule has 3 heteroatoms. The maximum absolute atomic E-state index is 2.55. The van der Waals surface area contributed by atoms with Gasteiger partial charge in [-0.1, -0.05) is 392 Å². The second kappa shape index (κ2) is 38.2. The average Bonchev–Trinajstić information content (AvgIpc) is 1.53. The number of nitrogens with zero attached hydrogens (tertiary/aromatic N) is 3. The molecule has 0 spiro atoms. The summed E-state index contributed by atoms with van der Waals surface area (Å²) in [7, 11) is 0. The second-order valence-electron chi connectivity index (χ2n) is 28.7. The minimum atomic E-state index is 0.944. The fourth-order valence-corrected chi connectivity index (χ4v) is 19.8. The zero-order valence-electron chi connectivity index (χ0n) is 75.3. The van der Waals surface area contributed by atoms with Crippen molar-refractivity contribution in [2.75, 3.05) is 0 Å². The molecule has 24 rings (SSSR count). The molecule has 0 unspecified atom stereocenters. The van der Waals surface area contributed by atoms with Gasteiger partial charge in [0.1, 0.15) is 0 Å². The number of rotatable bonds is 3. The van der Waals surface area contributed by atoms with Crippen molar-refractivity contribution in [1.29, 1.82) is 0 Å². The molecular formula is C117H123N3. The van der Waals surface area contributed by atoms with Gasteiger partial charge in [0.15, 0.2) is 0 Å². The Hall–Kier alpha value is -12.3. The van der Waals surface area contributed by atoms with Gasteiger partial charge in [0.2, 0.25) is 0 Å². The summed E-state index contributed by atoms with van der Waals surface area (Å²) in [5, 5.41) is 32.8. The minimum Gasteiger partial charge on any atom is -0.340 e. The molecule has 3 aliphatic rings. The Bertz CT molecular complexity index is 7290. The molecule has 0 amide bonds. The highest BCUT2D eigenvalue weighted by Gasteiger charge is 2.33. The van der Waals surface area contributed by atoms with E-state index < -0.39 is 0 Å². The highest BCUT2D eigenvalue weighted by molar-refractivity contribution is 6.32. The smallest absolute Gasteiger partial charge is 0.0574 e. The summed E-state index contributed by atoms with van der Waals surface area (Å²) in [6.45, 7) is 45.7. The van der Waals surface area contributed by atoms with Gasteiger partial charge < -0.3 is 13.7 Å². The highest BCUT2D eigenvalue weighted by atomic mass is 15.0. The van der Waals surface area contributed by atoms with E-state index in [0.717, 1.165) is 38.9 Å². The fourth-order valence-electron chi connectivity index (χ4n) is 19.8. The van der Waals surface area contributed by atoms with Crippen LogP contribution in [0, 0.1) is 0 Å². The molecule has 0 radical (unpaired) electrons. The van der Waals surface area contributed by atoms with Crippen molar-refractivity contribution in [3.05, 3.63) is 325 Å². The lowest BCUT2D eigenvalue weighted by Gasteiger charge is -2.15. The van der Waals surface area contributed by atoms with Crippen molar-refractivity contribution < 1.29 is 0 Å². The summed E-state index contributed by atoms with van der Waals surface area (Å²) in [5.74, 6) is 0. The summed E-state index contributed by atoms with van der Waals surface area (Å²) in [4.78, 5) is 0. The summed E-state index contributed by atoms with van der Waals surface area (Å²) >= 11 is 0. The molecule has 0 fully saturated rings. The van der Waals surface area contributed by atoms with Crippen LogP contribution in [-0.2, 0) is 38.9 Å². The van der Waals surface area contributed by atoms with E-state index in [9.17, 15) is 0 Å². The highest BCUT2D eigenvalue weighted by Crippen LogP contribution is 2.56. The molecule has 18 aromatic carbocycles.